The first-order valence-corrected chi connectivity index (χ1v) is 35.2. The Kier molecular flexibility index (Phi) is 15.7. The third-order valence-electron chi connectivity index (χ3n) is 11.7. The lowest BCUT2D eigenvalue weighted by Gasteiger charge is -2.09. The summed E-state index contributed by atoms with van der Waals surface area (Å²) in [5.41, 5.74) is 7.82. The minimum atomic E-state index is -3.27. The van der Waals surface area contributed by atoms with E-state index in [1.54, 1.807) is 49.7 Å². The van der Waals surface area contributed by atoms with Gasteiger partial charge in [-0.05, 0) is 109 Å². The highest BCUT2D eigenvalue weighted by Gasteiger charge is 2.40. The number of sulfone groups is 1. The summed E-state index contributed by atoms with van der Waals surface area (Å²) in [6, 6.07) is 82.5. The van der Waals surface area contributed by atoms with Crippen LogP contribution in [0.5, 0.6) is 11.5 Å². The Morgan fingerprint density at radius 3 is 1.01 bits per heavy atom. The van der Waals surface area contributed by atoms with Crippen molar-refractivity contribution in [3.63, 3.8) is 0 Å². The van der Waals surface area contributed by atoms with E-state index in [9.17, 15) is 13.2 Å². The number of halogens is 5. The molecular formula is C62H42I5O4S+5. The molecule has 15 rings (SSSR count). The van der Waals surface area contributed by atoms with E-state index in [0.29, 0.717) is 9.79 Å². The molecule has 4 nitrogen and oxygen atoms in total. The van der Waals surface area contributed by atoms with Crippen molar-refractivity contribution in [2.75, 3.05) is 0 Å². The minimum Gasteiger partial charge on any atom is -0.448 e. The summed E-state index contributed by atoms with van der Waals surface area (Å²) in [7, 11) is -3.27. The Hall–Kier alpha value is -4.73. The molecule has 5 heterocycles. The molecule has 10 aromatic carbocycles. The zero-order chi connectivity index (χ0) is 48.9. The van der Waals surface area contributed by atoms with Gasteiger partial charge in [0.1, 0.15) is 9.79 Å². The Labute approximate surface area is 472 Å². The predicted octanol–water partition coefficient (Wildman–Crippen LogP) is -2.24. The van der Waals surface area contributed by atoms with E-state index in [4.69, 9.17) is 4.74 Å². The molecule has 0 unspecified atom stereocenters. The van der Waals surface area contributed by atoms with Crippen molar-refractivity contribution in [1.29, 1.82) is 0 Å². The largest absolute Gasteiger partial charge is 0.448 e. The van der Waals surface area contributed by atoms with Crippen LogP contribution >= 0.6 is 0 Å². The molecule has 5 aliphatic rings. The van der Waals surface area contributed by atoms with Crippen molar-refractivity contribution >= 4 is 15.6 Å². The van der Waals surface area contributed by atoms with E-state index in [1.165, 1.54) is 25.4 Å². The molecule has 0 N–H and O–H groups in total. The molecule has 0 saturated carbocycles. The van der Waals surface area contributed by atoms with Crippen molar-refractivity contribution in [3.8, 4) is 22.6 Å². The van der Waals surface area contributed by atoms with E-state index in [2.05, 4.69) is 133 Å². The van der Waals surface area contributed by atoms with Gasteiger partial charge in [0.25, 0.3) is 0 Å². The maximum absolute atomic E-state index is 12.3. The Bertz CT molecular complexity index is 3350. The van der Waals surface area contributed by atoms with Gasteiger partial charge in [-0.25, -0.2) is 8.42 Å². The number of rotatable bonds is 0. The van der Waals surface area contributed by atoms with Gasteiger partial charge in [-0.15, -0.1) is 0 Å². The van der Waals surface area contributed by atoms with E-state index in [0.717, 1.165) is 36.2 Å². The van der Waals surface area contributed by atoms with E-state index in [1.807, 2.05) is 84.9 Å². The molecule has 0 fully saturated rings. The van der Waals surface area contributed by atoms with Crippen molar-refractivity contribution in [2.45, 2.75) is 16.2 Å². The zero-order valence-corrected chi connectivity index (χ0v) is 49.8. The Balaban J connectivity index is 0.0000000974. The normalized spacial score (nSPS) is 13.6. The lowest BCUT2D eigenvalue weighted by Crippen LogP contribution is -3.62. The highest BCUT2D eigenvalue weighted by atomic mass is 127. The lowest BCUT2D eigenvalue weighted by atomic mass is 10.0. The van der Waals surface area contributed by atoms with Gasteiger partial charge >= 0.3 is 106 Å². The van der Waals surface area contributed by atoms with Gasteiger partial charge in [0, 0.05) is 28.7 Å². The first-order valence-electron chi connectivity index (χ1n) is 23.0. The van der Waals surface area contributed by atoms with Crippen LogP contribution in [-0.2, 0) is 16.3 Å². The molecule has 0 atom stereocenters. The minimum absolute atomic E-state index is 0.0497. The third-order valence-corrected chi connectivity index (χ3v) is 29.7. The number of carbonyl (C=O) groups is 1. The smallest absolute Gasteiger partial charge is 0.366 e. The maximum atomic E-state index is 12.3. The van der Waals surface area contributed by atoms with Crippen LogP contribution < -0.4 is 111 Å². The van der Waals surface area contributed by atoms with Crippen LogP contribution in [0, 0.1) is 35.7 Å². The fourth-order valence-corrected chi connectivity index (χ4v) is 25.3. The summed E-state index contributed by atoms with van der Waals surface area (Å²) in [6.45, 7) is 0. The maximum Gasteiger partial charge on any atom is 0.366 e. The van der Waals surface area contributed by atoms with Crippen LogP contribution in [0.1, 0.15) is 27.0 Å². The lowest BCUT2D eigenvalue weighted by molar-refractivity contribution is -0.606. The topological polar surface area (TPSA) is 60.4 Å². The first kappa shape index (κ1) is 49.5. The molecule has 0 amide bonds. The molecule has 72 heavy (non-hydrogen) atoms. The number of carbonyl (C=O) groups excluding carboxylic acids is 1. The van der Waals surface area contributed by atoms with Crippen molar-refractivity contribution in [2.24, 2.45) is 0 Å². The van der Waals surface area contributed by atoms with Crippen LogP contribution in [0.3, 0.4) is 0 Å². The van der Waals surface area contributed by atoms with Gasteiger partial charge in [0.15, 0.2) is 18.6 Å². The molecule has 5 aliphatic heterocycles. The SMILES string of the molecule is O=C1c2ccccc2[I+]c2ccccc21.O=S1(=O)c2ccccc2[I+]c2ccccc21.c1ccc2c(c1)Cc1ccccc1[I+]2.c1ccc2c(c1)Oc1ccccc1[I+]2.c1ccc2c(c1)[I+]c1ccccc1-2. The van der Waals surface area contributed by atoms with Crippen LogP contribution in [0.2, 0.25) is 0 Å². The summed E-state index contributed by atoms with van der Waals surface area (Å²) >= 11 is -0.408. The predicted molar refractivity (Wildman–Crippen MR) is 262 cm³/mol. The van der Waals surface area contributed by atoms with Gasteiger partial charge in [-0.3, -0.25) is 4.79 Å². The third kappa shape index (κ3) is 10.9. The van der Waals surface area contributed by atoms with Crippen molar-refractivity contribution in [3.05, 3.63) is 301 Å². The van der Waals surface area contributed by atoms with Gasteiger partial charge in [-0.2, -0.15) is 0 Å². The number of ether oxygens (including phenoxy) is 1. The molecule has 10 aromatic rings. The molecule has 0 bridgehead atoms. The first-order chi connectivity index (χ1) is 35.4. The Morgan fingerprint density at radius 1 is 0.292 bits per heavy atom. The summed E-state index contributed by atoms with van der Waals surface area (Å²) in [4.78, 5) is 13.1. The molecular weight excluding hydrogens is 1480 g/mol. The molecule has 0 spiro atoms. The molecule has 0 saturated heterocycles. The van der Waals surface area contributed by atoms with Crippen molar-refractivity contribution in [1.82, 2.24) is 0 Å². The van der Waals surface area contributed by atoms with Crippen LogP contribution in [0.4, 0.5) is 0 Å². The monoisotopic (exact) mass is 1520 g/mol. The van der Waals surface area contributed by atoms with Gasteiger partial charge in [-0.1, -0.05) is 133 Å². The Morgan fingerprint density at radius 2 is 0.569 bits per heavy atom. The average molecular weight is 1520 g/mol. The van der Waals surface area contributed by atoms with E-state index in [-0.39, 0.29) is 112 Å². The molecule has 10 heteroatoms. The highest BCUT2D eigenvalue weighted by Crippen LogP contribution is 2.25. The number of hydrogen-bond donors (Lipinski definition) is 0. The second kappa shape index (κ2) is 22.8. The fourth-order valence-electron chi connectivity index (χ4n) is 8.28. The number of hydrogen-bond acceptors (Lipinski definition) is 4. The number of benzene rings is 10. The molecule has 0 radical (unpaired) electrons. The average Bonchev–Trinajstić information content (AvgIpc) is 3.82. The zero-order valence-electron chi connectivity index (χ0n) is 38.2. The van der Waals surface area contributed by atoms with Crippen LogP contribution in [0.15, 0.2) is 252 Å². The number of para-hydroxylation sites is 2. The molecule has 0 aliphatic carbocycles. The summed E-state index contributed by atoms with van der Waals surface area (Å²) in [5, 5.41) is 0. The molecule has 0 aromatic heterocycles. The summed E-state index contributed by atoms with van der Waals surface area (Å²) in [5.74, 6) is 2.27. The van der Waals surface area contributed by atoms with Gasteiger partial charge in [0.2, 0.25) is 44.2 Å². The molecule has 350 valence electrons. The van der Waals surface area contributed by atoms with Gasteiger partial charge in [0.05, 0.1) is 11.1 Å². The number of ketones is 1. The van der Waals surface area contributed by atoms with Crippen LogP contribution in [0.25, 0.3) is 11.1 Å². The summed E-state index contributed by atoms with van der Waals surface area (Å²) in [6.07, 6.45) is 1.13. The van der Waals surface area contributed by atoms with E-state index < -0.39 is 9.84 Å². The second-order valence-corrected chi connectivity index (χ2v) is 32.6. The quantitative estimate of drug-likeness (QED) is 0.162. The van der Waals surface area contributed by atoms with Crippen LogP contribution in [-0.4, -0.2) is 14.2 Å². The van der Waals surface area contributed by atoms with E-state index >= 15 is 0 Å². The summed E-state index contributed by atoms with van der Waals surface area (Å²) < 4.78 is 44.0. The fraction of sp³-hybridized carbons (Fsp3) is 0.0161. The second-order valence-electron chi connectivity index (χ2n) is 16.4. The number of fused-ring (bicyclic) bond motifs is 11. The highest BCUT2D eigenvalue weighted by molar-refractivity contribution is 7.91. The van der Waals surface area contributed by atoms with Gasteiger partial charge < -0.3 is 4.74 Å². The van der Waals surface area contributed by atoms with Crippen molar-refractivity contribution < 1.29 is 124 Å². The standard InChI is InChI=1S/C13H8IO.C13H10I.C12H8IO2S.C12H8IO.C12H8I/c15-13-9-5-1-3-7-11(9)14-12-8-4-2-6-10(12)13;1-3-7-12-10(5-1)9-11-6-2-4-8-13(11)14-12;14-16(15)11-7-3-1-5-9(11)13-10-6-2-4-8-12(10)16;1-3-7-11-9(5-1)13-10-6-2-4-8-12(10)14-11;1-3-7-11-9(5-1)10-6-2-4-8-12(10)13-11/h1-8H;1-8H,9H2;1-8H;1-8H;1-8H/q5*+1.